The molecular weight excluding hydrogens is 250 g/mol. The van der Waals surface area contributed by atoms with E-state index in [2.05, 4.69) is 4.98 Å². The lowest BCUT2D eigenvalue weighted by molar-refractivity contribution is 0.0518. The first-order valence-corrected chi connectivity index (χ1v) is 5.89. The summed E-state index contributed by atoms with van der Waals surface area (Å²) < 4.78 is 6.91. The zero-order valence-corrected chi connectivity index (χ0v) is 10.7. The Hall–Kier alpha value is -2.08. The number of nitrogen functional groups attached to an aromatic ring is 1. The lowest BCUT2D eigenvalue weighted by Crippen LogP contribution is -2.13. The van der Waals surface area contributed by atoms with E-state index < -0.39 is 5.97 Å². The number of esters is 1. The van der Waals surface area contributed by atoms with E-state index in [-0.39, 0.29) is 18.1 Å². The number of rotatable bonds is 3. The molecule has 2 rings (SSSR count). The molecule has 0 atom stereocenters. The van der Waals surface area contributed by atoms with E-state index in [4.69, 9.17) is 22.7 Å². The fourth-order valence-corrected chi connectivity index (χ4v) is 1.98. The van der Waals surface area contributed by atoms with Crippen molar-refractivity contribution < 1.29 is 9.53 Å². The molecule has 1 heterocycles. The largest absolute Gasteiger partial charge is 0.461 e. The molecule has 0 amide bonds. The van der Waals surface area contributed by atoms with E-state index >= 15 is 0 Å². The fourth-order valence-electron chi connectivity index (χ4n) is 1.68. The van der Waals surface area contributed by atoms with Crippen LogP contribution in [0.25, 0.3) is 5.69 Å². The Kier molecular flexibility index (Phi) is 3.47. The summed E-state index contributed by atoms with van der Waals surface area (Å²) in [5.74, 6) is -0.284. The SMILES string of the molecule is CCOC(=O)c1c(N)[nH]c(=S)n1-c1ccccc1. The number of H-pyrrole nitrogens is 1. The van der Waals surface area contributed by atoms with Crippen LogP contribution in [0.3, 0.4) is 0 Å². The number of para-hydroxylation sites is 1. The summed E-state index contributed by atoms with van der Waals surface area (Å²) >= 11 is 5.17. The molecule has 1 aromatic heterocycles. The first kappa shape index (κ1) is 12.4. The summed E-state index contributed by atoms with van der Waals surface area (Å²) in [6.07, 6.45) is 0. The number of imidazole rings is 1. The van der Waals surface area contributed by atoms with Gasteiger partial charge in [-0.05, 0) is 31.3 Å². The lowest BCUT2D eigenvalue weighted by atomic mass is 10.3. The highest BCUT2D eigenvalue weighted by molar-refractivity contribution is 7.71. The number of aromatic amines is 1. The highest BCUT2D eigenvalue weighted by atomic mass is 32.1. The maximum atomic E-state index is 11.9. The normalized spacial score (nSPS) is 10.3. The Bertz CT molecular complexity index is 616. The van der Waals surface area contributed by atoms with Crippen LogP contribution in [0.5, 0.6) is 0 Å². The van der Waals surface area contributed by atoms with Crippen molar-refractivity contribution in [3.63, 3.8) is 0 Å². The molecule has 1 aromatic carbocycles. The zero-order chi connectivity index (χ0) is 13.1. The van der Waals surface area contributed by atoms with E-state index in [1.54, 1.807) is 11.5 Å². The molecule has 0 aliphatic rings. The predicted molar refractivity (Wildman–Crippen MR) is 71.3 cm³/mol. The van der Waals surface area contributed by atoms with Crippen molar-refractivity contribution in [3.05, 3.63) is 40.8 Å². The van der Waals surface area contributed by atoms with Crippen molar-refractivity contribution >= 4 is 24.0 Å². The molecule has 0 unspecified atom stereocenters. The molecule has 2 aromatic rings. The van der Waals surface area contributed by atoms with Gasteiger partial charge in [0.1, 0.15) is 5.82 Å². The minimum Gasteiger partial charge on any atom is -0.461 e. The molecule has 0 saturated carbocycles. The predicted octanol–water partition coefficient (Wildman–Crippen LogP) is 2.29. The summed E-state index contributed by atoms with van der Waals surface area (Å²) in [5, 5.41) is 0. The summed E-state index contributed by atoms with van der Waals surface area (Å²) in [7, 11) is 0. The van der Waals surface area contributed by atoms with Crippen LogP contribution in [0.15, 0.2) is 30.3 Å². The van der Waals surface area contributed by atoms with E-state index in [9.17, 15) is 4.79 Å². The van der Waals surface area contributed by atoms with Gasteiger partial charge >= 0.3 is 5.97 Å². The van der Waals surface area contributed by atoms with Gasteiger partial charge in [0.05, 0.1) is 6.61 Å². The monoisotopic (exact) mass is 263 g/mol. The molecule has 0 radical (unpaired) electrons. The molecule has 3 N–H and O–H groups in total. The minimum absolute atomic E-state index is 0.210. The maximum absolute atomic E-state index is 11.9. The molecule has 5 nitrogen and oxygen atoms in total. The summed E-state index contributed by atoms with van der Waals surface area (Å²) in [6, 6.07) is 9.27. The minimum atomic E-state index is -0.494. The molecule has 0 saturated heterocycles. The van der Waals surface area contributed by atoms with E-state index in [1.807, 2.05) is 30.3 Å². The van der Waals surface area contributed by atoms with Gasteiger partial charge in [0.2, 0.25) is 0 Å². The van der Waals surface area contributed by atoms with Gasteiger partial charge in [0.25, 0.3) is 0 Å². The summed E-state index contributed by atoms with van der Waals surface area (Å²) in [6.45, 7) is 2.02. The average Bonchev–Trinajstić information content (AvgIpc) is 2.65. The number of hydrogen-bond donors (Lipinski definition) is 2. The first-order chi connectivity index (χ1) is 8.65. The Morgan fingerprint density at radius 1 is 1.44 bits per heavy atom. The highest BCUT2D eigenvalue weighted by Gasteiger charge is 2.19. The molecule has 6 heteroatoms. The molecule has 0 bridgehead atoms. The second kappa shape index (κ2) is 5.05. The van der Waals surface area contributed by atoms with Crippen LogP contribution in [0.2, 0.25) is 0 Å². The third-order valence-electron chi connectivity index (χ3n) is 2.41. The van der Waals surface area contributed by atoms with Crippen molar-refractivity contribution in [3.8, 4) is 5.69 Å². The van der Waals surface area contributed by atoms with E-state index in [0.29, 0.717) is 4.77 Å². The van der Waals surface area contributed by atoms with Crippen LogP contribution < -0.4 is 5.73 Å². The second-order valence-electron chi connectivity index (χ2n) is 3.58. The standard InChI is InChI=1S/C12H13N3O2S/c1-2-17-11(16)9-10(13)14-12(18)15(9)8-6-4-3-5-7-8/h3-7H,2,13H2,1H3,(H,14,18). The number of nitrogens with zero attached hydrogens (tertiary/aromatic N) is 1. The highest BCUT2D eigenvalue weighted by Crippen LogP contribution is 2.18. The van der Waals surface area contributed by atoms with E-state index in [1.165, 1.54) is 0 Å². The van der Waals surface area contributed by atoms with Gasteiger partial charge in [-0.3, -0.25) is 4.57 Å². The van der Waals surface area contributed by atoms with Crippen molar-refractivity contribution in [2.24, 2.45) is 0 Å². The van der Waals surface area contributed by atoms with Gasteiger partial charge in [-0.25, -0.2) is 4.79 Å². The van der Waals surface area contributed by atoms with Crippen LogP contribution in [-0.4, -0.2) is 22.1 Å². The third-order valence-corrected chi connectivity index (χ3v) is 2.69. The number of benzene rings is 1. The van der Waals surface area contributed by atoms with E-state index in [0.717, 1.165) is 5.69 Å². The number of ether oxygens (including phenoxy) is 1. The lowest BCUT2D eigenvalue weighted by Gasteiger charge is -2.07. The second-order valence-corrected chi connectivity index (χ2v) is 3.97. The number of carbonyl (C=O) groups is 1. The third kappa shape index (κ3) is 2.14. The number of aromatic nitrogens is 2. The van der Waals surface area contributed by atoms with Crippen LogP contribution >= 0.6 is 12.2 Å². The van der Waals surface area contributed by atoms with Crippen molar-refractivity contribution in [1.82, 2.24) is 9.55 Å². The Morgan fingerprint density at radius 2 is 2.11 bits per heavy atom. The van der Waals surface area contributed by atoms with Gasteiger partial charge in [-0.2, -0.15) is 0 Å². The van der Waals surface area contributed by atoms with Crippen molar-refractivity contribution in [1.29, 1.82) is 0 Å². The van der Waals surface area contributed by atoms with Gasteiger partial charge in [-0.15, -0.1) is 0 Å². The first-order valence-electron chi connectivity index (χ1n) is 5.48. The van der Waals surface area contributed by atoms with Crippen molar-refractivity contribution in [2.75, 3.05) is 12.3 Å². The van der Waals surface area contributed by atoms with Crippen LogP contribution in [0.1, 0.15) is 17.4 Å². The Balaban J connectivity index is 2.61. The smallest absolute Gasteiger partial charge is 0.359 e. The molecular formula is C12H13N3O2S. The number of nitrogens with two attached hydrogens (primary N) is 1. The molecule has 18 heavy (non-hydrogen) atoms. The van der Waals surface area contributed by atoms with Gasteiger partial charge in [0, 0.05) is 5.69 Å². The summed E-state index contributed by atoms with van der Waals surface area (Å²) in [4.78, 5) is 14.7. The number of carbonyl (C=O) groups excluding carboxylic acids is 1. The Labute approximate surface area is 109 Å². The van der Waals surface area contributed by atoms with Gasteiger partial charge in [-0.1, -0.05) is 18.2 Å². The fraction of sp³-hybridized carbons (Fsp3) is 0.167. The van der Waals surface area contributed by atoms with Crippen LogP contribution in [0, 0.1) is 4.77 Å². The number of hydrogen-bond acceptors (Lipinski definition) is 4. The molecule has 0 aliphatic heterocycles. The molecule has 0 aliphatic carbocycles. The number of nitrogens with one attached hydrogen (secondary N) is 1. The number of anilines is 1. The quantitative estimate of drug-likeness (QED) is 0.658. The molecule has 0 fully saturated rings. The van der Waals surface area contributed by atoms with Crippen LogP contribution in [0.4, 0.5) is 5.82 Å². The van der Waals surface area contributed by atoms with Crippen molar-refractivity contribution in [2.45, 2.75) is 6.92 Å². The zero-order valence-electron chi connectivity index (χ0n) is 9.84. The van der Waals surface area contributed by atoms with Crippen LogP contribution in [-0.2, 0) is 4.74 Å². The van der Waals surface area contributed by atoms with Gasteiger partial charge in [0.15, 0.2) is 10.5 Å². The Morgan fingerprint density at radius 3 is 2.72 bits per heavy atom. The summed E-state index contributed by atoms with van der Waals surface area (Å²) in [5.41, 5.74) is 6.76. The molecule has 0 spiro atoms. The molecule has 94 valence electrons. The van der Waals surface area contributed by atoms with Gasteiger partial charge < -0.3 is 15.5 Å². The topological polar surface area (TPSA) is 73.0 Å². The maximum Gasteiger partial charge on any atom is 0.359 e. The average molecular weight is 263 g/mol.